The van der Waals surface area contributed by atoms with Gasteiger partial charge in [-0.25, -0.2) is 0 Å². The van der Waals surface area contributed by atoms with Crippen molar-refractivity contribution in [3.63, 3.8) is 0 Å². The summed E-state index contributed by atoms with van der Waals surface area (Å²) in [6.07, 6.45) is 8.16. The monoisotopic (exact) mass is 308 g/mol. The quantitative estimate of drug-likeness (QED) is 0.878. The molecule has 1 aromatic heterocycles. The molecule has 1 heterocycles. The highest BCUT2D eigenvalue weighted by Gasteiger charge is 2.16. The van der Waals surface area contributed by atoms with E-state index in [0.717, 1.165) is 30.4 Å². The van der Waals surface area contributed by atoms with Gasteiger partial charge < -0.3 is 5.32 Å². The third-order valence-corrected chi connectivity index (χ3v) is 4.31. The van der Waals surface area contributed by atoms with Gasteiger partial charge in [0.05, 0.1) is 5.69 Å². The lowest BCUT2D eigenvalue weighted by Crippen LogP contribution is -2.36. The van der Waals surface area contributed by atoms with Gasteiger partial charge in [-0.1, -0.05) is 31.4 Å². The number of pyridine rings is 1. The van der Waals surface area contributed by atoms with Crippen LogP contribution in [0.3, 0.4) is 0 Å². The van der Waals surface area contributed by atoms with E-state index >= 15 is 0 Å². The van der Waals surface area contributed by atoms with E-state index in [1.54, 1.807) is 18.3 Å². The first-order valence-electron chi connectivity index (χ1n) is 8.09. The Kier molecular flexibility index (Phi) is 4.81. The molecule has 0 bridgehead atoms. The van der Waals surface area contributed by atoms with Crippen LogP contribution < -0.4 is 5.32 Å². The van der Waals surface area contributed by atoms with Crippen LogP contribution in [0.5, 0.6) is 0 Å². The summed E-state index contributed by atoms with van der Waals surface area (Å²) in [7, 11) is 0. The van der Waals surface area contributed by atoms with Crippen LogP contribution in [-0.2, 0) is 0 Å². The fourth-order valence-corrected chi connectivity index (χ4v) is 2.95. The molecule has 0 radical (unpaired) electrons. The van der Waals surface area contributed by atoms with E-state index in [4.69, 9.17) is 0 Å². The van der Waals surface area contributed by atoms with Gasteiger partial charge in [-0.3, -0.25) is 14.6 Å². The lowest BCUT2D eigenvalue weighted by Gasteiger charge is -2.22. The summed E-state index contributed by atoms with van der Waals surface area (Å²) in [5.74, 6) is -0.00675. The highest BCUT2D eigenvalue weighted by molar-refractivity contribution is 5.94. The van der Waals surface area contributed by atoms with Crippen molar-refractivity contribution in [2.75, 3.05) is 0 Å². The van der Waals surface area contributed by atoms with E-state index in [1.807, 2.05) is 24.3 Å². The number of carbonyl (C=O) groups is 2. The molecule has 2 aromatic rings. The van der Waals surface area contributed by atoms with E-state index < -0.39 is 0 Å². The Hall–Kier alpha value is -2.49. The van der Waals surface area contributed by atoms with Gasteiger partial charge in [-0.05, 0) is 37.1 Å². The summed E-state index contributed by atoms with van der Waals surface area (Å²) in [5, 5.41) is 3.12. The van der Waals surface area contributed by atoms with Crippen molar-refractivity contribution in [3.05, 3.63) is 53.7 Å². The van der Waals surface area contributed by atoms with Crippen LogP contribution in [0.2, 0.25) is 0 Å². The maximum absolute atomic E-state index is 12.3. The number of amides is 1. The standard InChI is InChI=1S/C19H20N2O2/c22-13-14-6-11-18(20-12-14)15-7-9-16(10-8-15)19(23)21-17-4-2-1-3-5-17/h6-13,17H,1-5H2,(H,21,23). The number of aldehydes is 1. The molecule has 4 nitrogen and oxygen atoms in total. The summed E-state index contributed by atoms with van der Waals surface area (Å²) in [6, 6.07) is 11.3. The maximum atomic E-state index is 12.3. The summed E-state index contributed by atoms with van der Waals surface area (Å²) in [4.78, 5) is 27.2. The van der Waals surface area contributed by atoms with Crippen LogP contribution in [-0.4, -0.2) is 23.2 Å². The normalized spacial score (nSPS) is 15.1. The van der Waals surface area contributed by atoms with Crippen molar-refractivity contribution in [3.8, 4) is 11.3 Å². The molecule has 0 saturated heterocycles. The molecule has 0 spiro atoms. The molecular weight excluding hydrogens is 288 g/mol. The molecule has 1 N–H and O–H groups in total. The largest absolute Gasteiger partial charge is 0.349 e. The number of carbonyl (C=O) groups excluding carboxylic acids is 2. The Labute approximate surface area is 135 Å². The molecule has 4 heteroatoms. The molecule has 0 unspecified atom stereocenters. The Morgan fingerprint density at radius 1 is 1.04 bits per heavy atom. The van der Waals surface area contributed by atoms with Gasteiger partial charge in [-0.2, -0.15) is 0 Å². The van der Waals surface area contributed by atoms with E-state index in [1.165, 1.54) is 19.3 Å². The second kappa shape index (κ2) is 7.18. The predicted molar refractivity (Wildman–Crippen MR) is 89.4 cm³/mol. The molecule has 1 saturated carbocycles. The van der Waals surface area contributed by atoms with Crippen molar-refractivity contribution in [1.82, 2.24) is 10.3 Å². The Morgan fingerprint density at radius 2 is 1.78 bits per heavy atom. The second-order valence-electron chi connectivity index (χ2n) is 5.98. The SMILES string of the molecule is O=Cc1ccc(-c2ccc(C(=O)NC3CCCCC3)cc2)nc1. The summed E-state index contributed by atoms with van der Waals surface area (Å²) in [6.45, 7) is 0. The van der Waals surface area contributed by atoms with Crippen molar-refractivity contribution in [2.24, 2.45) is 0 Å². The average Bonchev–Trinajstić information content (AvgIpc) is 2.63. The molecule has 1 fully saturated rings. The van der Waals surface area contributed by atoms with E-state index in [9.17, 15) is 9.59 Å². The van der Waals surface area contributed by atoms with Gasteiger partial charge in [0.1, 0.15) is 0 Å². The van der Waals surface area contributed by atoms with E-state index in [0.29, 0.717) is 17.2 Å². The lowest BCUT2D eigenvalue weighted by atomic mass is 9.95. The molecule has 0 aliphatic heterocycles. The number of aromatic nitrogens is 1. The molecule has 118 valence electrons. The summed E-state index contributed by atoms with van der Waals surface area (Å²) >= 11 is 0. The number of rotatable bonds is 4. The molecule has 23 heavy (non-hydrogen) atoms. The number of nitrogens with one attached hydrogen (secondary N) is 1. The van der Waals surface area contributed by atoms with Crippen molar-refractivity contribution in [2.45, 2.75) is 38.1 Å². The predicted octanol–water partition coefficient (Wildman–Crippen LogP) is 3.62. The summed E-state index contributed by atoms with van der Waals surface area (Å²) in [5.41, 5.74) is 2.94. The highest BCUT2D eigenvalue weighted by atomic mass is 16.1. The van der Waals surface area contributed by atoms with Gasteiger partial charge in [0.15, 0.2) is 6.29 Å². The number of benzene rings is 1. The van der Waals surface area contributed by atoms with Gasteiger partial charge in [-0.15, -0.1) is 0 Å². The third kappa shape index (κ3) is 3.83. The number of nitrogens with zero attached hydrogens (tertiary/aromatic N) is 1. The van der Waals surface area contributed by atoms with Crippen LogP contribution in [0, 0.1) is 0 Å². The number of hydrogen-bond donors (Lipinski definition) is 1. The zero-order valence-electron chi connectivity index (χ0n) is 13.0. The maximum Gasteiger partial charge on any atom is 0.251 e. The fourth-order valence-electron chi connectivity index (χ4n) is 2.95. The van der Waals surface area contributed by atoms with Gasteiger partial charge in [0.2, 0.25) is 0 Å². The molecule has 0 atom stereocenters. The second-order valence-corrected chi connectivity index (χ2v) is 5.98. The zero-order valence-corrected chi connectivity index (χ0v) is 13.0. The Balaban J connectivity index is 1.68. The molecule has 1 amide bonds. The molecule has 1 aromatic carbocycles. The zero-order chi connectivity index (χ0) is 16.1. The Morgan fingerprint density at radius 3 is 2.39 bits per heavy atom. The van der Waals surface area contributed by atoms with Crippen LogP contribution in [0.25, 0.3) is 11.3 Å². The van der Waals surface area contributed by atoms with Crippen LogP contribution in [0.4, 0.5) is 0 Å². The average molecular weight is 308 g/mol. The van der Waals surface area contributed by atoms with Gasteiger partial charge >= 0.3 is 0 Å². The van der Waals surface area contributed by atoms with Gasteiger partial charge in [0, 0.05) is 28.9 Å². The van der Waals surface area contributed by atoms with Crippen LogP contribution in [0.15, 0.2) is 42.6 Å². The molecular formula is C19H20N2O2. The lowest BCUT2D eigenvalue weighted by molar-refractivity contribution is 0.0927. The fraction of sp³-hybridized carbons (Fsp3) is 0.316. The minimum atomic E-state index is -0.00675. The highest BCUT2D eigenvalue weighted by Crippen LogP contribution is 2.20. The van der Waals surface area contributed by atoms with E-state index in [-0.39, 0.29) is 5.91 Å². The van der Waals surface area contributed by atoms with Gasteiger partial charge in [0.25, 0.3) is 5.91 Å². The van der Waals surface area contributed by atoms with Crippen molar-refractivity contribution in [1.29, 1.82) is 0 Å². The molecule has 1 aliphatic rings. The first-order chi connectivity index (χ1) is 11.3. The Bertz CT molecular complexity index is 672. The number of hydrogen-bond acceptors (Lipinski definition) is 3. The van der Waals surface area contributed by atoms with Crippen molar-refractivity contribution >= 4 is 12.2 Å². The minimum absolute atomic E-state index is 0.00675. The molecule has 3 rings (SSSR count). The van der Waals surface area contributed by atoms with Crippen LogP contribution in [0.1, 0.15) is 52.8 Å². The first-order valence-corrected chi connectivity index (χ1v) is 8.09. The minimum Gasteiger partial charge on any atom is -0.349 e. The van der Waals surface area contributed by atoms with Crippen LogP contribution >= 0.6 is 0 Å². The smallest absolute Gasteiger partial charge is 0.251 e. The topological polar surface area (TPSA) is 59.1 Å². The first kappa shape index (κ1) is 15.4. The van der Waals surface area contributed by atoms with Crippen molar-refractivity contribution < 1.29 is 9.59 Å². The third-order valence-electron chi connectivity index (χ3n) is 4.31. The van der Waals surface area contributed by atoms with E-state index in [2.05, 4.69) is 10.3 Å². The summed E-state index contributed by atoms with van der Waals surface area (Å²) < 4.78 is 0. The molecule has 1 aliphatic carbocycles.